The highest BCUT2D eigenvalue weighted by Gasteiger charge is 2.04. The van der Waals surface area contributed by atoms with Crippen LogP contribution in [0.25, 0.3) is 0 Å². The molecule has 5 heteroatoms. The number of amides is 1. The van der Waals surface area contributed by atoms with Crippen LogP contribution in [0.1, 0.15) is 33.1 Å². The Labute approximate surface area is 125 Å². The van der Waals surface area contributed by atoms with E-state index in [1.807, 2.05) is 13.8 Å². The lowest BCUT2D eigenvalue weighted by molar-refractivity contribution is -0.117. The van der Waals surface area contributed by atoms with E-state index in [1.165, 1.54) is 0 Å². The van der Waals surface area contributed by atoms with Crippen molar-refractivity contribution >= 4 is 11.6 Å². The van der Waals surface area contributed by atoms with Gasteiger partial charge >= 0.3 is 0 Å². The zero-order valence-corrected chi connectivity index (χ0v) is 12.7. The number of halogens is 1. The van der Waals surface area contributed by atoms with E-state index in [0.717, 1.165) is 6.42 Å². The van der Waals surface area contributed by atoms with Crippen LogP contribution < -0.4 is 10.1 Å². The second-order valence-corrected chi connectivity index (χ2v) is 4.80. The third kappa shape index (κ3) is 7.66. The first kappa shape index (κ1) is 17.4. The van der Waals surface area contributed by atoms with Crippen molar-refractivity contribution in [3.8, 4) is 5.75 Å². The molecule has 0 aromatic heterocycles. The van der Waals surface area contributed by atoms with Gasteiger partial charge in [-0.2, -0.15) is 0 Å². The molecule has 0 heterocycles. The fourth-order valence-electron chi connectivity index (χ4n) is 1.57. The summed E-state index contributed by atoms with van der Waals surface area (Å²) in [5.41, 5.74) is 0.710. The van der Waals surface area contributed by atoms with Gasteiger partial charge in [0.05, 0.1) is 32.4 Å². The zero-order valence-electron chi connectivity index (χ0n) is 12.7. The number of nitrogens with one attached hydrogen (secondary N) is 1. The molecule has 118 valence electrons. The van der Waals surface area contributed by atoms with Crippen LogP contribution in [0.15, 0.2) is 24.3 Å². The highest BCUT2D eigenvalue weighted by molar-refractivity contribution is 5.90. The normalized spacial score (nSPS) is 12.0. The number of benzene rings is 1. The van der Waals surface area contributed by atoms with E-state index in [1.54, 1.807) is 24.3 Å². The van der Waals surface area contributed by atoms with Crippen molar-refractivity contribution in [2.45, 2.75) is 39.2 Å². The van der Waals surface area contributed by atoms with E-state index in [4.69, 9.17) is 9.47 Å². The van der Waals surface area contributed by atoms with E-state index in [-0.39, 0.29) is 18.7 Å². The number of rotatable bonds is 10. The van der Waals surface area contributed by atoms with Crippen molar-refractivity contribution in [1.29, 1.82) is 0 Å². The maximum atomic E-state index is 11.9. The van der Waals surface area contributed by atoms with Crippen molar-refractivity contribution in [3.63, 3.8) is 0 Å². The predicted octanol–water partition coefficient (Wildman–Crippen LogP) is 3.57. The minimum Gasteiger partial charge on any atom is -0.493 e. The number of anilines is 1. The third-order valence-electron chi connectivity index (χ3n) is 2.99. The summed E-state index contributed by atoms with van der Waals surface area (Å²) in [7, 11) is 0. The minimum absolute atomic E-state index is 0.0793. The van der Waals surface area contributed by atoms with Crippen molar-refractivity contribution in [1.82, 2.24) is 0 Å². The number of alkyl halides is 1. The van der Waals surface area contributed by atoms with Crippen LogP contribution >= 0.6 is 0 Å². The number of hydrogen-bond acceptors (Lipinski definition) is 3. The molecule has 1 aromatic rings. The molecule has 1 N–H and O–H groups in total. The molecule has 21 heavy (non-hydrogen) atoms. The van der Waals surface area contributed by atoms with Gasteiger partial charge in [0, 0.05) is 12.1 Å². The molecule has 1 rings (SSSR count). The Morgan fingerprint density at radius 1 is 1.29 bits per heavy atom. The quantitative estimate of drug-likeness (QED) is 0.672. The Balaban J connectivity index is 2.29. The molecule has 1 aromatic carbocycles. The molecule has 1 amide bonds. The number of carbonyl (C=O) groups excluding carboxylic acids is 1. The van der Waals surface area contributed by atoms with Gasteiger partial charge < -0.3 is 14.8 Å². The van der Waals surface area contributed by atoms with Crippen LogP contribution in [-0.2, 0) is 9.53 Å². The first-order valence-electron chi connectivity index (χ1n) is 7.36. The van der Waals surface area contributed by atoms with Gasteiger partial charge in [0.1, 0.15) is 5.75 Å². The Bertz CT molecular complexity index is 408. The lowest BCUT2D eigenvalue weighted by Crippen LogP contribution is -2.16. The zero-order chi connectivity index (χ0) is 15.5. The van der Waals surface area contributed by atoms with Gasteiger partial charge in [-0.1, -0.05) is 6.92 Å². The first-order chi connectivity index (χ1) is 10.2. The summed E-state index contributed by atoms with van der Waals surface area (Å²) in [5.74, 6) is 0.589. The lowest BCUT2D eigenvalue weighted by atomic mass is 10.3. The molecule has 0 aliphatic carbocycles. The maximum absolute atomic E-state index is 11.9. The van der Waals surface area contributed by atoms with E-state index >= 15 is 0 Å². The molecular formula is C16H24FNO3. The lowest BCUT2D eigenvalue weighted by Gasteiger charge is -2.11. The van der Waals surface area contributed by atoms with Crippen molar-refractivity contribution in [2.24, 2.45) is 0 Å². The number of hydrogen-bond donors (Lipinski definition) is 1. The van der Waals surface area contributed by atoms with Crippen LogP contribution in [0, 0.1) is 0 Å². The van der Waals surface area contributed by atoms with Crippen LogP contribution in [0.3, 0.4) is 0 Å². The van der Waals surface area contributed by atoms with E-state index in [2.05, 4.69) is 5.32 Å². The van der Waals surface area contributed by atoms with Crippen molar-refractivity contribution < 1.29 is 18.7 Å². The SMILES string of the molecule is CCC(C)OCCC(=O)Nc1ccc(OCCCF)cc1. The van der Waals surface area contributed by atoms with Gasteiger partial charge in [0.15, 0.2) is 0 Å². The summed E-state index contributed by atoms with van der Waals surface area (Å²) in [5, 5.41) is 2.79. The smallest absolute Gasteiger partial charge is 0.226 e. The molecule has 1 unspecified atom stereocenters. The Morgan fingerprint density at radius 2 is 2.00 bits per heavy atom. The van der Waals surface area contributed by atoms with Gasteiger partial charge in [-0.05, 0) is 37.6 Å². The maximum Gasteiger partial charge on any atom is 0.226 e. The summed E-state index contributed by atoms with van der Waals surface area (Å²) in [6.07, 6.45) is 1.83. The third-order valence-corrected chi connectivity index (χ3v) is 2.99. The molecule has 0 saturated carbocycles. The van der Waals surface area contributed by atoms with Gasteiger partial charge in [0.25, 0.3) is 0 Å². The Kier molecular flexibility index (Phi) is 8.43. The van der Waals surface area contributed by atoms with E-state index in [9.17, 15) is 9.18 Å². The van der Waals surface area contributed by atoms with Crippen LogP contribution in [0.2, 0.25) is 0 Å². The highest BCUT2D eigenvalue weighted by atomic mass is 19.1. The summed E-state index contributed by atoms with van der Waals surface area (Å²) < 4.78 is 22.7. The van der Waals surface area contributed by atoms with E-state index in [0.29, 0.717) is 37.5 Å². The summed E-state index contributed by atoms with van der Waals surface area (Å²) in [6.45, 7) is 4.43. The van der Waals surface area contributed by atoms with Crippen LogP contribution in [0.5, 0.6) is 5.75 Å². The molecule has 0 saturated heterocycles. The summed E-state index contributed by atoms with van der Waals surface area (Å²) >= 11 is 0. The molecule has 0 aliphatic heterocycles. The predicted molar refractivity (Wildman–Crippen MR) is 81.5 cm³/mol. The van der Waals surface area contributed by atoms with Crippen molar-refractivity contribution in [3.05, 3.63) is 24.3 Å². The fourth-order valence-corrected chi connectivity index (χ4v) is 1.57. The Hall–Kier alpha value is -1.62. The van der Waals surface area contributed by atoms with Crippen LogP contribution in [0.4, 0.5) is 10.1 Å². The van der Waals surface area contributed by atoms with Gasteiger partial charge in [-0.15, -0.1) is 0 Å². The topological polar surface area (TPSA) is 47.6 Å². The van der Waals surface area contributed by atoms with E-state index < -0.39 is 0 Å². The molecule has 1 atom stereocenters. The second-order valence-electron chi connectivity index (χ2n) is 4.80. The molecule has 0 fully saturated rings. The Morgan fingerprint density at radius 3 is 2.62 bits per heavy atom. The van der Waals surface area contributed by atoms with Gasteiger partial charge in [-0.25, -0.2) is 0 Å². The van der Waals surface area contributed by atoms with Gasteiger partial charge in [0.2, 0.25) is 5.91 Å². The second kappa shape index (κ2) is 10.2. The average Bonchev–Trinajstić information content (AvgIpc) is 2.49. The van der Waals surface area contributed by atoms with Gasteiger partial charge in [-0.3, -0.25) is 9.18 Å². The first-order valence-corrected chi connectivity index (χ1v) is 7.36. The molecule has 0 bridgehead atoms. The molecule has 0 spiro atoms. The van der Waals surface area contributed by atoms with Crippen LogP contribution in [-0.4, -0.2) is 31.9 Å². The minimum atomic E-state index is -0.382. The molecule has 0 aliphatic rings. The molecular weight excluding hydrogens is 273 g/mol. The monoisotopic (exact) mass is 297 g/mol. The summed E-state index contributed by atoms with van der Waals surface area (Å²) in [6, 6.07) is 7.03. The number of carbonyl (C=O) groups is 1. The molecule has 4 nitrogen and oxygen atoms in total. The fraction of sp³-hybridized carbons (Fsp3) is 0.562. The highest BCUT2D eigenvalue weighted by Crippen LogP contribution is 2.16. The molecule has 0 radical (unpaired) electrons. The van der Waals surface area contributed by atoms with Crippen molar-refractivity contribution in [2.75, 3.05) is 25.2 Å². The largest absolute Gasteiger partial charge is 0.493 e. The average molecular weight is 297 g/mol. The number of ether oxygens (including phenoxy) is 2. The standard InChI is InChI=1S/C16H24FNO3/c1-3-13(2)20-12-9-16(19)18-14-5-7-15(8-6-14)21-11-4-10-17/h5-8,13H,3-4,9-12H2,1-2H3,(H,18,19). The summed E-state index contributed by atoms with van der Waals surface area (Å²) in [4.78, 5) is 11.7.